The van der Waals surface area contributed by atoms with Crippen molar-refractivity contribution in [3.8, 4) is 11.3 Å². The number of furan rings is 1. The average Bonchev–Trinajstić information content (AvgIpc) is 3.48. The van der Waals surface area contributed by atoms with Crippen LogP contribution in [0.2, 0.25) is 0 Å². The number of carbonyl (C=O) groups excluding carboxylic acids is 1. The molecular weight excluding hydrogens is 448 g/mol. The second-order valence-corrected chi connectivity index (χ2v) is 9.14. The van der Waals surface area contributed by atoms with Gasteiger partial charge < -0.3 is 14.8 Å². The van der Waals surface area contributed by atoms with E-state index in [0.29, 0.717) is 27.6 Å². The Kier molecular flexibility index (Phi) is 6.10. The van der Waals surface area contributed by atoms with Crippen molar-refractivity contribution >= 4 is 40.1 Å². The number of fused-ring (bicyclic) bond motifs is 1. The molecule has 4 aromatic rings. The Morgan fingerprint density at radius 3 is 2.65 bits per heavy atom. The number of benzene rings is 2. The number of anilines is 1. The summed E-state index contributed by atoms with van der Waals surface area (Å²) in [6, 6.07) is 19.6. The SMILES string of the molecule is O=C(O)c1cccc(-c2ccc(C=Nc3sc4c(c3C(=O)Nc3ccccc3)CCCC4)o2)c1. The summed E-state index contributed by atoms with van der Waals surface area (Å²) in [5.74, 6) is -0.0601. The number of para-hydroxylation sites is 1. The van der Waals surface area contributed by atoms with Gasteiger partial charge in [0.2, 0.25) is 0 Å². The normalized spacial score (nSPS) is 13.1. The zero-order chi connectivity index (χ0) is 23.5. The van der Waals surface area contributed by atoms with Crippen LogP contribution < -0.4 is 5.32 Å². The summed E-state index contributed by atoms with van der Waals surface area (Å²) in [5, 5.41) is 12.9. The quantitative estimate of drug-likeness (QED) is 0.311. The zero-order valence-corrected chi connectivity index (χ0v) is 19.1. The minimum Gasteiger partial charge on any atom is -0.478 e. The smallest absolute Gasteiger partial charge is 0.335 e. The number of aliphatic imine (C=N–C) groups is 1. The van der Waals surface area contributed by atoms with E-state index in [9.17, 15) is 14.7 Å². The van der Waals surface area contributed by atoms with Crippen molar-refractivity contribution in [1.82, 2.24) is 0 Å². The number of thiophene rings is 1. The number of rotatable bonds is 6. The first-order valence-corrected chi connectivity index (χ1v) is 11.9. The van der Waals surface area contributed by atoms with Gasteiger partial charge in [-0.1, -0.05) is 30.3 Å². The number of aromatic carboxylic acids is 1. The van der Waals surface area contributed by atoms with E-state index in [1.807, 2.05) is 30.3 Å². The van der Waals surface area contributed by atoms with Gasteiger partial charge in [-0.2, -0.15) is 0 Å². The second kappa shape index (κ2) is 9.49. The fourth-order valence-corrected chi connectivity index (χ4v) is 5.33. The molecule has 2 aromatic heterocycles. The molecule has 0 aliphatic heterocycles. The number of carboxylic acid groups (broad SMARTS) is 1. The molecule has 7 heteroatoms. The number of carbonyl (C=O) groups is 2. The summed E-state index contributed by atoms with van der Waals surface area (Å²) in [6.07, 6.45) is 5.64. The molecule has 0 atom stereocenters. The molecule has 34 heavy (non-hydrogen) atoms. The number of carboxylic acids is 1. The van der Waals surface area contributed by atoms with Crippen molar-refractivity contribution in [3.63, 3.8) is 0 Å². The van der Waals surface area contributed by atoms with Gasteiger partial charge in [0.25, 0.3) is 5.91 Å². The molecule has 0 spiro atoms. The summed E-state index contributed by atoms with van der Waals surface area (Å²) < 4.78 is 5.89. The topological polar surface area (TPSA) is 91.9 Å². The van der Waals surface area contributed by atoms with Crippen LogP contribution in [0.3, 0.4) is 0 Å². The lowest BCUT2D eigenvalue weighted by Crippen LogP contribution is -2.14. The summed E-state index contributed by atoms with van der Waals surface area (Å²) >= 11 is 1.56. The average molecular weight is 471 g/mol. The van der Waals surface area contributed by atoms with Crippen molar-refractivity contribution in [2.75, 3.05) is 5.32 Å². The van der Waals surface area contributed by atoms with Crippen molar-refractivity contribution < 1.29 is 19.1 Å². The summed E-state index contributed by atoms with van der Waals surface area (Å²) in [4.78, 5) is 30.3. The van der Waals surface area contributed by atoms with E-state index in [4.69, 9.17) is 4.42 Å². The van der Waals surface area contributed by atoms with Crippen molar-refractivity contribution in [1.29, 1.82) is 0 Å². The Morgan fingerprint density at radius 2 is 1.82 bits per heavy atom. The molecule has 1 aliphatic rings. The molecule has 2 heterocycles. The van der Waals surface area contributed by atoms with Crippen LogP contribution in [0.15, 0.2) is 76.1 Å². The van der Waals surface area contributed by atoms with Crippen molar-refractivity contribution in [3.05, 3.63) is 94.1 Å². The monoisotopic (exact) mass is 470 g/mol. The standard InChI is InChI=1S/C27H22N2O4S/c30-25(29-19-9-2-1-3-10-19)24-21-11-4-5-12-23(21)34-26(24)28-16-20-13-14-22(33-20)17-7-6-8-18(15-17)27(31)32/h1-3,6-10,13-16H,4-5,11-12H2,(H,29,30)(H,31,32). The number of hydrogen-bond donors (Lipinski definition) is 2. The van der Waals surface area contributed by atoms with Crippen LogP contribution in [0.5, 0.6) is 0 Å². The second-order valence-electron chi connectivity index (χ2n) is 8.06. The van der Waals surface area contributed by atoms with Crippen LogP contribution in [0.4, 0.5) is 10.7 Å². The third-order valence-electron chi connectivity index (χ3n) is 5.74. The van der Waals surface area contributed by atoms with Crippen molar-refractivity contribution in [2.24, 2.45) is 4.99 Å². The van der Waals surface area contributed by atoms with E-state index in [1.165, 1.54) is 10.9 Å². The van der Waals surface area contributed by atoms with Crippen LogP contribution in [-0.4, -0.2) is 23.2 Å². The maximum Gasteiger partial charge on any atom is 0.335 e. The summed E-state index contributed by atoms with van der Waals surface area (Å²) in [5.41, 5.74) is 3.36. The van der Waals surface area contributed by atoms with E-state index in [-0.39, 0.29) is 11.5 Å². The molecule has 0 saturated heterocycles. The molecule has 0 fully saturated rings. The first-order chi connectivity index (χ1) is 16.6. The van der Waals surface area contributed by atoms with Gasteiger partial charge in [0, 0.05) is 16.1 Å². The Hall–Kier alpha value is -3.97. The van der Waals surface area contributed by atoms with E-state index in [1.54, 1.807) is 47.9 Å². The Morgan fingerprint density at radius 1 is 1.00 bits per heavy atom. The van der Waals surface area contributed by atoms with Gasteiger partial charge in [0.15, 0.2) is 0 Å². The highest BCUT2D eigenvalue weighted by Gasteiger charge is 2.25. The first kappa shape index (κ1) is 21.9. The minimum absolute atomic E-state index is 0.150. The molecule has 1 aliphatic carbocycles. The van der Waals surface area contributed by atoms with Crippen LogP contribution in [-0.2, 0) is 12.8 Å². The van der Waals surface area contributed by atoms with E-state index in [2.05, 4.69) is 10.3 Å². The van der Waals surface area contributed by atoms with Gasteiger partial charge in [-0.05, 0) is 67.6 Å². The Balaban J connectivity index is 1.43. The fraction of sp³-hybridized carbons (Fsp3) is 0.148. The minimum atomic E-state index is -0.988. The van der Waals surface area contributed by atoms with Gasteiger partial charge in [-0.3, -0.25) is 4.79 Å². The predicted molar refractivity (Wildman–Crippen MR) is 134 cm³/mol. The number of hydrogen-bond acceptors (Lipinski definition) is 5. The molecule has 0 unspecified atom stereocenters. The molecule has 170 valence electrons. The van der Waals surface area contributed by atoms with E-state index in [0.717, 1.165) is 36.9 Å². The number of nitrogens with zero attached hydrogens (tertiary/aromatic N) is 1. The molecule has 1 amide bonds. The highest BCUT2D eigenvalue weighted by atomic mass is 32.1. The van der Waals surface area contributed by atoms with E-state index < -0.39 is 5.97 Å². The number of aryl methyl sites for hydroxylation is 1. The van der Waals surface area contributed by atoms with Crippen LogP contribution in [0.1, 0.15) is 49.8 Å². The lowest BCUT2D eigenvalue weighted by molar-refractivity contribution is 0.0696. The largest absolute Gasteiger partial charge is 0.478 e. The molecule has 2 aromatic carbocycles. The molecule has 6 nitrogen and oxygen atoms in total. The van der Waals surface area contributed by atoms with Gasteiger partial charge in [0.05, 0.1) is 17.3 Å². The predicted octanol–water partition coefficient (Wildman–Crippen LogP) is 6.59. The molecule has 0 radical (unpaired) electrons. The summed E-state index contributed by atoms with van der Waals surface area (Å²) in [6.45, 7) is 0. The lowest BCUT2D eigenvalue weighted by Gasteiger charge is -2.12. The third-order valence-corrected chi connectivity index (χ3v) is 6.94. The molecular formula is C27H22N2O4S. The summed E-state index contributed by atoms with van der Waals surface area (Å²) in [7, 11) is 0. The number of amides is 1. The Labute approximate surface area is 200 Å². The highest BCUT2D eigenvalue weighted by Crippen LogP contribution is 2.40. The van der Waals surface area contributed by atoms with Crippen LogP contribution >= 0.6 is 11.3 Å². The molecule has 2 N–H and O–H groups in total. The van der Waals surface area contributed by atoms with E-state index >= 15 is 0 Å². The van der Waals surface area contributed by atoms with Gasteiger partial charge in [-0.15, -0.1) is 11.3 Å². The van der Waals surface area contributed by atoms with Gasteiger partial charge in [-0.25, -0.2) is 9.79 Å². The van der Waals surface area contributed by atoms with Crippen molar-refractivity contribution in [2.45, 2.75) is 25.7 Å². The lowest BCUT2D eigenvalue weighted by atomic mass is 9.95. The third kappa shape index (κ3) is 4.56. The maximum atomic E-state index is 13.2. The number of nitrogens with one attached hydrogen (secondary N) is 1. The highest BCUT2D eigenvalue weighted by molar-refractivity contribution is 7.16. The maximum absolute atomic E-state index is 13.2. The first-order valence-electron chi connectivity index (χ1n) is 11.1. The Bertz CT molecular complexity index is 1380. The van der Waals surface area contributed by atoms with Crippen LogP contribution in [0, 0.1) is 0 Å². The molecule has 0 saturated carbocycles. The zero-order valence-electron chi connectivity index (χ0n) is 18.3. The molecule has 5 rings (SSSR count). The van der Waals surface area contributed by atoms with Gasteiger partial charge in [0.1, 0.15) is 16.5 Å². The molecule has 0 bridgehead atoms. The van der Waals surface area contributed by atoms with Gasteiger partial charge >= 0.3 is 5.97 Å². The van der Waals surface area contributed by atoms with Crippen LogP contribution in [0.25, 0.3) is 11.3 Å². The fourth-order valence-electron chi connectivity index (χ4n) is 4.10.